The zero-order valence-electron chi connectivity index (χ0n) is 18.5. The highest BCUT2D eigenvalue weighted by atomic mass is 32.2. The van der Waals surface area contributed by atoms with E-state index in [0.29, 0.717) is 11.3 Å². The third-order valence-corrected chi connectivity index (χ3v) is 6.49. The minimum absolute atomic E-state index is 0.0801. The van der Waals surface area contributed by atoms with Crippen LogP contribution in [0, 0.1) is 5.82 Å². The van der Waals surface area contributed by atoms with Gasteiger partial charge in [0.15, 0.2) is 0 Å². The Labute approximate surface area is 202 Å². The smallest absolute Gasteiger partial charge is 0.417 e. The fraction of sp³-hybridized carbons (Fsp3) is 0.174. The van der Waals surface area contributed by atoms with Crippen LogP contribution in [-0.2, 0) is 27.5 Å². The number of hydrogen-bond donors (Lipinski definition) is 2. The number of rotatable bonds is 7. The highest BCUT2D eigenvalue weighted by Crippen LogP contribution is 2.29. The fourth-order valence-corrected chi connectivity index (χ4v) is 4.43. The quantitative estimate of drug-likeness (QED) is 0.354. The summed E-state index contributed by atoms with van der Waals surface area (Å²) in [6.45, 7) is 1.24. The number of carbonyl (C=O) groups is 1. The lowest BCUT2D eigenvalue weighted by Crippen LogP contribution is -2.44. The lowest BCUT2D eigenvalue weighted by molar-refractivity contribution is -0.137. The van der Waals surface area contributed by atoms with Crippen molar-refractivity contribution >= 4 is 26.9 Å². The van der Waals surface area contributed by atoms with Crippen LogP contribution in [0.2, 0.25) is 0 Å². The van der Waals surface area contributed by atoms with Crippen molar-refractivity contribution in [2.75, 3.05) is 0 Å². The number of sulfonamides is 1. The lowest BCUT2D eigenvalue weighted by Gasteiger charge is -2.13. The topological polar surface area (TPSA) is 114 Å². The van der Waals surface area contributed by atoms with Crippen molar-refractivity contribution in [3.8, 4) is 11.3 Å². The van der Waals surface area contributed by atoms with Gasteiger partial charge < -0.3 is 9.73 Å². The molecule has 188 valence electrons. The third-order valence-electron chi connectivity index (χ3n) is 5.09. The van der Waals surface area contributed by atoms with Crippen molar-refractivity contribution in [1.82, 2.24) is 20.0 Å². The van der Waals surface area contributed by atoms with Gasteiger partial charge in [-0.05, 0) is 49.4 Å². The van der Waals surface area contributed by atoms with Crippen LogP contribution in [-0.4, -0.2) is 30.3 Å². The average Bonchev–Trinajstić information content (AvgIpc) is 3.26. The number of nitrogens with zero attached hydrogens (tertiary/aromatic N) is 2. The van der Waals surface area contributed by atoms with Crippen LogP contribution in [0.1, 0.15) is 18.2 Å². The van der Waals surface area contributed by atoms with Crippen LogP contribution in [0.4, 0.5) is 17.6 Å². The molecule has 36 heavy (non-hydrogen) atoms. The predicted octanol–water partition coefficient (Wildman–Crippen LogP) is 4.03. The van der Waals surface area contributed by atoms with Gasteiger partial charge in [0.25, 0.3) is 10.0 Å². The summed E-state index contributed by atoms with van der Waals surface area (Å²) in [5, 5.41) is 2.32. The van der Waals surface area contributed by atoms with E-state index in [2.05, 4.69) is 20.0 Å². The van der Waals surface area contributed by atoms with Crippen LogP contribution < -0.4 is 10.0 Å². The van der Waals surface area contributed by atoms with Crippen molar-refractivity contribution < 1.29 is 35.2 Å². The van der Waals surface area contributed by atoms with Gasteiger partial charge in [-0.25, -0.2) is 12.8 Å². The van der Waals surface area contributed by atoms with Crippen molar-refractivity contribution in [3.05, 3.63) is 78.0 Å². The first kappa shape index (κ1) is 25.3. The van der Waals surface area contributed by atoms with Crippen molar-refractivity contribution in [1.29, 1.82) is 0 Å². The van der Waals surface area contributed by atoms with Gasteiger partial charge in [0, 0.05) is 29.4 Å². The number of furan rings is 1. The maximum atomic E-state index is 13.4. The molecule has 1 atom stereocenters. The molecule has 0 aliphatic rings. The largest absolute Gasteiger partial charge is 0.443 e. The fourth-order valence-electron chi connectivity index (χ4n) is 3.26. The minimum atomic E-state index is -4.50. The number of hydrogen-bond acceptors (Lipinski definition) is 6. The van der Waals surface area contributed by atoms with E-state index < -0.39 is 44.6 Å². The number of pyridine rings is 2. The van der Waals surface area contributed by atoms with Gasteiger partial charge in [0.1, 0.15) is 11.4 Å². The highest BCUT2D eigenvalue weighted by molar-refractivity contribution is 7.89. The predicted molar refractivity (Wildman–Crippen MR) is 120 cm³/mol. The number of halogens is 4. The van der Waals surface area contributed by atoms with Gasteiger partial charge in [-0.2, -0.15) is 17.9 Å². The molecular weight excluding hydrogens is 504 g/mol. The molecule has 0 aliphatic heterocycles. The normalized spacial score (nSPS) is 13.0. The second-order valence-corrected chi connectivity index (χ2v) is 9.42. The Balaban J connectivity index is 1.39. The molecule has 4 rings (SSSR count). The second-order valence-electron chi connectivity index (χ2n) is 7.77. The maximum absolute atomic E-state index is 13.4. The Kier molecular flexibility index (Phi) is 6.78. The maximum Gasteiger partial charge on any atom is 0.417 e. The first-order valence-corrected chi connectivity index (χ1v) is 11.9. The third kappa shape index (κ3) is 5.69. The summed E-state index contributed by atoms with van der Waals surface area (Å²) in [4.78, 5) is 20.4. The van der Waals surface area contributed by atoms with E-state index in [1.807, 2.05) is 0 Å². The van der Waals surface area contributed by atoms with Crippen molar-refractivity contribution in [2.45, 2.75) is 30.8 Å². The molecule has 0 saturated carbocycles. The highest BCUT2D eigenvalue weighted by Gasteiger charge is 2.30. The van der Waals surface area contributed by atoms with Crippen LogP contribution in [0.25, 0.3) is 22.2 Å². The minimum Gasteiger partial charge on any atom is -0.443 e. The standard InChI is InChI=1S/C23H18F4N4O4S/c1-13(31-36(33,34)21-10-15-8-17(24)3-5-20(15)35-21)22(32)30-12-18-9-14(6-7-28-18)19-4-2-16(11-29-19)23(25,26)27/h2-11,13,31H,12H2,1H3,(H,30,32)/t13-/m0/s1. The first-order chi connectivity index (χ1) is 16.9. The summed E-state index contributed by atoms with van der Waals surface area (Å²) < 4.78 is 84.2. The zero-order chi connectivity index (χ0) is 26.1. The molecule has 3 heterocycles. The number of fused-ring (bicyclic) bond motifs is 1. The Morgan fingerprint density at radius 1 is 1.08 bits per heavy atom. The van der Waals surface area contributed by atoms with Crippen molar-refractivity contribution in [3.63, 3.8) is 0 Å². The van der Waals surface area contributed by atoms with Crippen LogP contribution in [0.3, 0.4) is 0 Å². The molecule has 0 spiro atoms. The molecule has 1 aromatic carbocycles. The molecule has 8 nitrogen and oxygen atoms in total. The Hall–Kier alpha value is -3.84. The number of aromatic nitrogens is 2. The molecular formula is C23H18F4N4O4S. The summed E-state index contributed by atoms with van der Waals surface area (Å²) in [6, 6.07) is 8.73. The molecule has 0 bridgehead atoms. The van der Waals surface area contributed by atoms with Gasteiger partial charge in [-0.1, -0.05) is 0 Å². The van der Waals surface area contributed by atoms with E-state index in [1.165, 1.54) is 31.3 Å². The summed E-state index contributed by atoms with van der Waals surface area (Å²) in [6.07, 6.45) is -2.37. The molecule has 2 N–H and O–H groups in total. The van der Waals surface area contributed by atoms with E-state index in [0.717, 1.165) is 30.5 Å². The van der Waals surface area contributed by atoms with Gasteiger partial charge >= 0.3 is 6.18 Å². The molecule has 0 radical (unpaired) electrons. The summed E-state index contributed by atoms with van der Waals surface area (Å²) in [5.41, 5.74) is 0.432. The van der Waals surface area contributed by atoms with Gasteiger partial charge in [-0.3, -0.25) is 14.8 Å². The number of alkyl halides is 3. The molecule has 0 unspecified atom stereocenters. The van der Waals surface area contributed by atoms with E-state index in [1.54, 1.807) is 6.07 Å². The molecule has 3 aromatic heterocycles. The Morgan fingerprint density at radius 2 is 1.86 bits per heavy atom. The lowest BCUT2D eigenvalue weighted by atomic mass is 10.1. The summed E-state index contributed by atoms with van der Waals surface area (Å²) in [7, 11) is -4.22. The second kappa shape index (κ2) is 9.66. The number of benzene rings is 1. The van der Waals surface area contributed by atoms with Gasteiger partial charge in [0.2, 0.25) is 11.0 Å². The van der Waals surface area contributed by atoms with Crippen LogP contribution in [0.5, 0.6) is 0 Å². The van der Waals surface area contributed by atoms with Crippen molar-refractivity contribution in [2.24, 2.45) is 0 Å². The molecule has 0 saturated heterocycles. The van der Waals surface area contributed by atoms with E-state index in [9.17, 15) is 30.8 Å². The Bertz CT molecular complexity index is 1520. The molecule has 0 fully saturated rings. The van der Waals surface area contributed by atoms with Gasteiger partial charge in [-0.15, -0.1) is 0 Å². The SMILES string of the molecule is C[C@H](NS(=O)(=O)c1cc2cc(F)ccc2o1)C(=O)NCc1cc(-c2ccc(C(F)(F)F)cn2)ccn1. The monoisotopic (exact) mass is 522 g/mol. The van der Waals surface area contributed by atoms with E-state index >= 15 is 0 Å². The molecule has 0 aliphatic carbocycles. The summed E-state index contributed by atoms with van der Waals surface area (Å²) in [5.74, 6) is -1.22. The number of nitrogens with one attached hydrogen (secondary N) is 2. The number of amides is 1. The zero-order valence-corrected chi connectivity index (χ0v) is 19.3. The van der Waals surface area contributed by atoms with Crippen LogP contribution in [0.15, 0.2) is 70.4 Å². The molecule has 13 heteroatoms. The average molecular weight is 522 g/mol. The molecule has 1 amide bonds. The Morgan fingerprint density at radius 3 is 2.56 bits per heavy atom. The first-order valence-electron chi connectivity index (χ1n) is 10.4. The summed E-state index contributed by atoms with van der Waals surface area (Å²) >= 11 is 0. The van der Waals surface area contributed by atoms with E-state index in [-0.39, 0.29) is 23.2 Å². The number of carbonyl (C=O) groups excluding carboxylic acids is 1. The van der Waals surface area contributed by atoms with Gasteiger partial charge in [0.05, 0.1) is 29.5 Å². The van der Waals surface area contributed by atoms with E-state index in [4.69, 9.17) is 4.42 Å². The molecule has 4 aromatic rings. The van der Waals surface area contributed by atoms with Crippen LogP contribution >= 0.6 is 0 Å².